The van der Waals surface area contributed by atoms with Gasteiger partial charge in [0.2, 0.25) is 0 Å². The van der Waals surface area contributed by atoms with Gasteiger partial charge in [0.15, 0.2) is 0 Å². The topological polar surface area (TPSA) is 90.7 Å². The van der Waals surface area contributed by atoms with Crippen molar-refractivity contribution in [3.8, 4) is 11.8 Å². The molecule has 30 heavy (non-hydrogen) atoms. The number of nitrogens with zero attached hydrogens (tertiary/aromatic N) is 3. The molecule has 7 nitrogen and oxygen atoms in total. The summed E-state index contributed by atoms with van der Waals surface area (Å²) in [6, 6.07) is 9.40. The summed E-state index contributed by atoms with van der Waals surface area (Å²) in [6.45, 7) is 2.74. The molecule has 0 radical (unpaired) electrons. The van der Waals surface area contributed by atoms with Crippen LogP contribution in [0.3, 0.4) is 0 Å². The Hall–Kier alpha value is -2.63. The second kappa shape index (κ2) is 8.62. The van der Waals surface area contributed by atoms with Gasteiger partial charge in [-0.2, -0.15) is 5.26 Å². The minimum atomic E-state index is -3.67. The summed E-state index contributed by atoms with van der Waals surface area (Å²) in [4.78, 5) is 15.0. The lowest BCUT2D eigenvalue weighted by Crippen LogP contribution is -2.33. The zero-order valence-electron chi connectivity index (χ0n) is 16.8. The van der Waals surface area contributed by atoms with Gasteiger partial charge in [0.25, 0.3) is 15.9 Å². The molecule has 0 N–H and O–H groups in total. The van der Waals surface area contributed by atoms with E-state index in [1.54, 1.807) is 12.1 Å². The Morgan fingerprint density at radius 1 is 1.20 bits per heavy atom. The summed E-state index contributed by atoms with van der Waals surface area (Å²) in [7, 11) is -3.67. The summed E-state index contributed by atoms with van der Waals surface area (Å²) in [5.74, 6) is 0.273. The molecule has 0 spiro atoms. The van der Waals surface area contributed by atoms with Gasteiger partial charge in [0.1, 0.15) is 17.9 Å². The van der Waals surface area contributed by atoms with Crippen LogP contribution in [0.5, 0.6) is 5.75 Å². The summed E-state index contributed by atoms with van der Waals surface area (Å²) in [6.07, 6.45) is 6.98. The normalized spacial score (nSPS) is 23.0. The highest BCUT2D eigenvalue weighted by Crippen LogP contribution is 2.34. The predicted octanol–water partition coefficient (Wildman–Crippen LogP) is 2.57. The first-order chi connectivity index (χ1) is 14.5. The molecule has 2 aliphatic heterocycles. The third kappa shape index (κ3) is 4.00. The summed E-state index contributed by atoms with van der Waals surface area (Å²) >= 11 is 0. The van der Waals surface area contributed by atoms with Crippen molar-refractivity contribution in [2.75, 3.05) is 26.2 Å². The molecule has 0 saturated carbocycles. The quantitative estimate of drug-likeness (QED) is 0.621. The van der Waals surface area contributed by atoms with Crippen LogP contribution in [-0.2, 0) is 14.8 Å². The molecule has 158 valence electrons. The molecule has 4 rings (SSSR count). The van der Waals surface area contributed by atoms with Gasteiger partial charge in [-0.05, 0) is 56.9 Å². The van der Waals surface area contributed by atoms with Crippen LogP contribution < -0.4 is 4.74 Å². The van der Waals surface area contributed by atoms with E-state index in [-0.39, 0.29) is 23.5 Å². The fraction of sp³-hybridized carbons (Fsp3) is 0.455. The standard InChI is InChI=1S/C22H25N3O4S/c23-15-17-7-1-3-9-20(17)29-18-11-14-24(16-18)12-5-6-13-25-22(26)19-8-2-4-10-21(19)30(25,27)28/h1,3-4,7,9-10,18H,2,5-6,8,11-14,16H2. The first-order valence-corrected chi connectivity index (χ1v) is 11.8. The first-order valence-electron chi connectivity index (χ1n) is 10.4. The average molecular weight is 428 g/mol. The number of para-hydroxylation sites is 1. The minimum absolute atomic E-state index is 0.0442. The van der Waals surface area contributed by atoms with Gasteiger partial charge in [-0.15, -0.1) is 0 Å². The van der Waals surface area contributed by atoms with Gasteiger partial charge in [0, 0.05) is 25.2 Å². The molecular weight excluding hydrogens is 402 g/mol. The van der Waals surface area contributed by atoms with E-state index in [4.69, 9.17) is 4.74 Å². The Kier molecular flexibility index (Phi) is 5.93. The maximum absolute atomic E-state index is 12.6. The van der Waals surface area contributed by atoms with Crippen molar-refractivity contribution >= 4 is 15.9 Å². The molecule has 1 aromatic rings. The van der Waals surface area contributed by atoms with Gasteiger partial charge in [-0.25, -0.2) is 12.7 Å². The second-order valence-electron chi connectivity index (χ2n) is 7.81. The van der Waals surface area contributed by atoms with Crippen molar-refractivity contribution in [1.82, 2.24) is 9.21 Å². The maximum Gasteiger partial charge on any atom is 0.267 e. The maximum atomic E-state index is 12.6. The van der Waals surface area contributed by atoms with E-state index in [2.05, 4.69) is 11.0 Å². The van der Waals surface area contributed by atoms with Crippen molar-refractivity contribution in [2.24, 2.45) is 0 Å². The monoisotopic (exact) mass is 427 g/mol. The van der Waals surface area contributed by atoms with Crippen LogP contribution in [0.15, 0.2) is 46.9 Å². The van der Waals surface area contributed by atoms with E-state index >= 15 is 0 Å². The smallest absolute Gasteiger partial charge is 0.267 e. The first kappa shape index (κ1) is 20.6. The number of carbonyl (C=O) groups is 1. The highest BCUT2D eigenvalue weighted by molar-refractivity contribution is 7.94. The van der Waals surface area contributed by atoms with Gasteiger partial charge in [-0.1, -0.05) is 18.2 Å². The van der Waals surface area contributed by atoms with E-state index < -0.39 is 10.0 Å². The number of amides is 1. The number of allylic oxidation sites excluding steroid dienone is 2. The molecule has 3 aliphatic rings. The molecule has 8 heteroatoms. The van der Waals surface area contributed by atoms with Crippen molar-refractivity contribution in [3.05, 3.63) is 52.5 Å². The highest BCUT2D eigenvalue weighted by Gasteiger charge is 2.42. The molecule has 1 aromatic carbocycles. The van der Waals surface area contributed by atoms with Gasteiger partial charge in [0.05, 0.1) is 10.5 Å². The van der Waals surface area contributed by atoms with Crippen molar-refractivity contribution in [2.45, 2.75) is 38.2 Å². The number of nitriles is 1. The zero-order valence-corrected chi connectivity index (χ0v) is 17.6. The van der Waals surface area contributed by atoms with Crippen LogP contribution in [-0.4, -0.2) is 55.8 Å². The molecule has 0 aromatic heterocycles. The fourth-order valence-corrected chi connectivity index (χ4v) is 5.93. The number of ether oxygens (including phenoxy) is 1. The van der Waals surface area contributed by atoms with Crippen LogP contribution in [0.25, 0.3) is 0 Å². The summed E-state index contributed by atoms with van der Waals surface area (Å²) < 4.78 is 32.3. The minimum Gasteiger partial charge on any atom is -0.488 e. The number of carbonyl (C=O) groups excluding carboxylic acids is 1. The molecular formula is C22H25N3O4S. The van der Waals surface area contributed by atoms with Gasteiger partial charge < -0.3 is 4.74 Å². The molecule has 1 unspecified atom stereocenters. The number of benzene rings is 1. The fourth-order valence-electron chi connectivity index (χ4n) is 4.22. The van der Waals surface area contributed by atoms with Crippen LogP contribution >= 0.6 is 0 Å². The van der Waals surface area contributed by atoms with Crippen molar-refractivity contribution in [3.63, 3.8) is 0 Å². The lowest BCUT2D eigenvalue weighted by atomic mass is 10.0. The summed E-state index contributed by atoms with van der Waals surface area (Å²) in [5.41, 5.74) is 0.980. The second-order valence-corrected chi connectivity index (χ2v) is 9.64. The molecule has 0 bridgehead atoms. The number of hydrogen-bond donors (Lipinski definition) is 0. The molecule has 1 aliphatic carbocycles. The van der Waals surface area contributed by atoms with Crippen molar-refractivity contribution in [1.29, 1.82) is 5.26 Å². The van der Waals surface area contributed by atoms with E-state index in [9.17, 15) is 18.5 Å². The Morgan fingerprint density at radius 2 is 2.00 bits per heavy atom. The Bertz CT molecular complexity index is 1040. The van der Waals surface area contributed by atoms with E-state index in [1.807, 2.05) is 24.3 Å². The predicted molar refractivity (Wildman–Crippen MR) is 112 cm³/mol. The van der Waals surface area contributed by atoms with Crippen LogP contribution in [0.1, 0.15) is 37.7 Å². The largest absolute Gasteiger partial charge is 0.488 e. The molecule has 1 saturated heterocycles. The number of likely N-dealkylation sites (tertiary alicyclic amines) is 1. The third-order valence-electron chi connectivity index (χ3n) is 5.80. The Morgan fingerprint density at radius 3 is 2.80 bits per heavy atom. The van der Waals surface area contributed by atoms with E-state index in [1.165, 1.54) is 0 Å². The molecule has 1 amide bonds. The molecule has 2 heterocycles. The van der Waals surface area contributed by atoms with Gasteiger partial charge >= 0.3 is 0 Å². The van der Waals surface area contributed by atoms with Crippen LogP contribution in [0, 0.1) is 11.3 Å². The lowest BCUT2D eigenvalue weighted by molar-refractivity contribution is -0.122. The van der Waals surface area contributed by atoms with Crippen LogP contribution in [0.4, 0.5) is 0 Å². The Labute approximate surface area is 177 Å². The number of sulfonamides is 1. The van der Waals surface area contributed by atoms with E-state index in [0.29, 0.717) is 36.1 Å². The van der Waals surface area contributed by atoms with Gasteiger partial charge in [-0.3, -0.25) is 9.69 Å². The summed E-state index contributed by atoms with van der Waals surface area (Å²) in [5, 5.41) is 9.18. The highest BCUT2D eigenvalue weighted by atomic mass is 32.2. The average Bonchev–Trinajstić information content (AvgIpc) is 3.27. The molecule has 1 atom stereocenters. The lowest BCUT2D eigenvalue weighted by Gasteiger charge is -2.19. The SMILES string of the molecule is N#Cc1ccccc1OC1CCN(CCCCN2C(=O)C3=C(C=CCC3)S2(=O)=O)C1. The Balaban J connectivity index is 1.23. The van der Waals surface area contributed by atoms with Crippen molar-refractivity contribution < 1.29 is 17.9 Å². The number of unbranched alkanes of at least 4 members (excludes halogenated alkanes) is 1. The third-order valence-corrected chi connectivity index (χ3v) is 7.66. The van der Waals surface area contributed by atoms with E-state index in [0.717, 1.165) is 36.8 Å². The molecule has 1 fully saturated rings. The van der Waals surface area contributed by atoms with Crippen LogP contribution in [0.2, 0.25) is 0 Å². The number of hydrogen-bond acceptors (Lipinski definition) is 6. The zero-order chi connectivity index (χ0) is 21.1. The number of rotatable bonds is 7.